The monoisotopic (exact) mass is 262 g/mol. The van der Waals surface area contributed by atoms with Crippen molar-refractivity contribution < 1.29 is 14.7 Å². The molecule has 1 aromatic heterocycles. The SMILES string of the molecule is Cc1noc(C)c1C(C)NCc1ccc(O)c(O)c1. The van der Waals surface area contributed by atoms with Gasteiger partial charge < -0.3 is 20.1 Å². The second-order valence-corrected chi connectivity index (χ2v) is 4.66. The van der Waals surface area contributed by atoms with Gasteiger partial charge in [0.1, 0.15) is 5.76 Å². The number of nitrogens with one attached hydrogen (secondary N) is 1. The van der Waals surface area contributed by atoms with Crippen molar-refractivity contribution in [3.63, 3.8) is 0 Å². The number of hydrogen-bond donors (Lipinski definition) is 3. The summed E-state index contributed by atoms with van der Waals surface area (Å²) in [4.78, 5) is 0. The first kappa shape index (κ1) is 13.4. The number of hydrogen-bond acceptors (Lipinski definition) is 5. The van der Waals surface area contributed by atoms with E-state index < -0.39 is 0 Å². The molecule has 5 heteroatoms. The predicted octanol–water partition coefficient (Wildman–Crippen LogP) is 2.55. The number of phenolic OH excluding ortho intramolecular Hbond substituents is 2. The first-order chi connectivity index (χ1) is 8.99. The van der Waals surface area contributed by atoms with E-state index >= 15 is 0 Å². The molecule has 1 atom stereocenters. The molecule has 0 aliphatic heterocycles. The van der Waals surface area contributed by atoms with Crippen LogP contribution < -0.4 is 5.32 Å². The van der Waals surface area contributed by atoms with Gasteiger partial charge in [-0.25, -0.2) is 0 Å². The highest BCUT2D eigenvalue weighted by Crippen LogP contribution is 2.26. The number of aromatic nitrogens is 1. The molecule has 0 aliphatic rings. The quantitative estimate of drug-likeness (QED) is 0.738. The molecule has 0 saturated carbocycles. The zero-order valence-electron chi connectivity index (χ0n) is 11.3. The second kappa shape index (κ2) is 5.32. The summed E-state index contributed by atoms with van der Waals surface area (Å²) in [6.45, 7) is 6.42. The van der Waals surface area contributed by atoms with E-state index in [0.717, 1.165) is 22.6 Å². The summed E-state index contributed by atoms with van der Waals surface area (Å²) in [6, 6.07) is 4.89. The standard InChI is InChI=1S/C14H18N2O3/c1-8(14-9(2)16-19-10(14)3)15-7-11-4-5-12(17)13(18)6-11/h4-6,8,15,17-18H,7H2,1-3H3. The summed E-state index contributed by atoms with van der Waals surface area (Å²) >= 11 is 0. The molecule has 0 spiro atoms. The van der Waals surface area contributed by atoms with E-state index in [2.05, 4.69) is 10.5 Å². The number of benzene rings is 1. The van der Waals surface area contributed by atoms with Crippen molar-refractivity contribution in [2.24, 2.45) is 0 Å². The maximum atomic E-state index is 9.43. The zero-order valence-corrected chi connectivity index (χ0v) is 11.3. The maximum Gasteiger partial charge on any atom is 0.157 e. The van der Waals surface area contributed by atoms with Crippen LogP contribution in [0.1, 0.15) is 35.5 Å². The average Bonchev–Trinajstić information content (AvgIpc) is 2.70. The Labute approximate surface area is 111 Å². The van der Waals surface area contributed by atoms with Crippen LogP contribution in [0.15, 0.2) is 22.7 Å². The van der Waals surface area contributed by atoms with Gasteiger partial charge in [0.15, 0.2) is 11.5 Å². The predicted molar refractivity (Wildman–Crippen MR) is 71.0 cm³/mol. The molecule has 1 aromatic carbocycles. The molecule has 2 aromatic rings. The van der Waals surface area contributed by atoms with Crippen LogP contribution in [0.4, 0.5) is 0 Å². The fourth-order valence-electron chi connectivity index (χ4n) is 2.16. The van der Waals surface area contributed by atoms with Gasteiger partial charge in [0.05, 0.1) is 5.69 Å². The molecule has 0 fully saturated rings. The van der Waals surface area contributed by atoms with Gasteiger partial charge in [-0.2, -0.15) is 0 Å². The van der Waals surface area contributed by atoms with Gasteiger partial charge in [-0.15, -0.1) is 0 Å². The molecule has 0 amide bonds. The van der Waals surface area contributed by atoms with Gasteiger partial charge in [-0.05, 0) is 38.5 Å². The Balaban J connectivity index is 2.04. The fourth-order valence-corrected chi connectivity index (χ4v) is 2.16. The van der Waals surface area contributed by atoms with Gasteiger partial charge in [0.2, 0.25) is 0 Å². The van der Waals surface area contributed by atoms with Gasteiger partial charge >= 0.3 is 0 Å². The minimum absolute atomic E-state index is 0.0993. The number of aryl methyl sites for hydroxylation is 2. The van der Waals surface area contributed by atoms with E-state index in [0.29, 0.717) is 6.54 Å². The number of nitrogens with zero attached hydrogens (tertiary/aromatic N) is 1. The lowest BCUT2D eigenvalue weighted by molar-refractivity contribution is 0.390. The molecule has 0 radical (unpaired) electrons. The molecule has 0 aliphatic carbocycles. The highest BCUT2D eigenvalue weighted by Gasteiger charge is 2.15. The molecule has 102 valence electrons. The number of aromatic hydroxyl groups is 2. The first-order valence-electron chi connectivity index (χ1n) is 6.16. The Kier molecular flexibility index (Phi) is 3.76. The van der Waals surface area contributed by atoms with Crippen LogP contribution in [0.3, 0.4) is 0 Å². The van der Waals surface area contributed by atoms with Crippen LogP contribution in [0.2, 0.25) is 0 Å². The molecule has 0 bridgehead atoms. The number of phenols is 2. The third kappa shape index (κ3) is 2.88. The van der Waals surface area contributed by atoms with E-state index in [4.69, 9.17) is 4.52 Å². The smallest absolute Gasteiger partial charge is 0.157 e. The summed E-state index contributed by atoms with van der Waals surface area (Å²) < 4.78 is 5.14. The second-order valence-electron chi connectivity index (χ2n) is 4.66. The topological polar surface area (TPSA) is 78.5 Å². The van der Waals surface area contributed by atoms with Crippen LogP contribution in [-0.4, -0.2) is 15.4 Å². The third-order valence-electron chi connectivity index (χ3n) is 3.17. The lowest BCUT2D eigenvalue weighted by Crippen LogP contribution is -2.19. The highest BCUT2D eigenvalue weighted by atomic mass is 16.5. The lowest BCUT2D eigenvalue weighted by Gasteiger charge is -2.14. The lowest BCUT2D eigenvalue weighted by atomic mass is 10.1. The Morgan fingerprint density at radius 2 is 2.00 bits per heavy atom. The molecule has 2 rings (SSSR count). The molecule has 1 heterocycles. The molecular weight excluding hydrogens is 244 g/mol. The van der Waals surface area contributed by atoms with Gasteiger partial charge in [-0.1, -0.05) is 11.2 Å². The van der Waals surface area contributed by atoms with Gasteiger partial charge in [0.25, 0.3) is 0 Å². The zero-order chi connectivity index (χ0) is 14.0. The summed E-state index contributed by atoms with van der Waals surface area (Å²) in [5.74, 6) is 0.595. The third-order valence-corrected chi connectivity index (χ3v) is 3.17. The molecule has 0 saturated heterocycles. The van der Waals surface area contributed by atoms with Crippen LogP contribution in [0.25, 0.3) is 0 Å². The van der Waals surface area contributed by atoms with Crippen molar-refractivity contribution in [2.45, 2.75) is 33.4 Å². The van der Waals surface area contributed by atoms with E-state index in [1.165, 1.54) is 6.07 Å². The normalized spacial score (nSPS) is 12.6. The average molecular weight is 262 g/mol. The fraction of sp³-hybridized carbons (Fsp3) is 0.357. The van der Waals surface area contributed by atoms with E-state index in [1.807, 2.05) is 20.8 Å². The summed E-state index contributed by atoms with van der Waals surface area (Å²) in [5, 5.41) is 26.0. The van der Waals surface area contributed by atoms with Crippen molar-refractivity contribution >= 4 is 0 Å². The summed E-state index contributed by atoms with van der Waals surface area (Å²) in [7, 11) is 0. The Hall–Kier alpha value is -2.01. The van der Waals surface area contributed by atoms with Crippen LogP contribution in [-0.2, 0) is 6.54 Å². The largest absolute Gasteiger partial charge is 0.504 e. The van der Waals surface area contributed by atoms with Crippen molar-refractivity contribution in [1.29, 1.82) is 0 Å². The van der Waals surface area contributed by atoms with Crippen LogP contribution in [0, 0.1) is 13.8 Å². The van der Waals surface area contributed by atoms with E-state index in [1.54, 1.807) is 12.1 Å². The molecule has 1 unspecified atom stereocenters. The Bertz CT molecular complexity index is 559. The minimum atomic E-state index is -0.109. The van der Waals surface area contributed by atoms with E-state index in [-0.39, 0.29) is 17.5 Å². The van der Waals surface area contributed by atoms with Crippen LogP contribution in [0.5, 0.6) is 11.5 Å². The highest BCUT2D eigenvalue weighted by molar-refractivity contribution is 5.40. The Morgan fingerprint density at radius 1 is 1.26 bits per heavy atom. The number of rotatable bonds is 4. The Morgan fingerprint density at radius 3 is 2.58 bits per heavy atom. The van der Waals surface area contributed by atoms with Gasteiger partial charge in [0, 0.05) is 18.2 Å². The van der Waals surface area contributed by atoms with Crippen molar-refractivity contribution in [2.75, 3.05) is 0 Å². The minimum Gasteiger partial charge on any atom is -0.504 e. The molecular formula is C14H18N2O3. The summed E-state index contributed by atoms with van der Waals surface area (Å²) in [5.41, 5.74) is 2.84. The van der Waals surface area contributed by atoms with E-state index in [9.17, 15) is 10.2 Å². The van der Waals surface area contributed by atoms with Crippen molar-refractivity contribution in [3.05, 3.63) is 40.8 Å². The maximum absolute atomic E-state index is 9.43. The van der Waals surface area contributed by atoms with Crippen molar-refractivity contribution in [1.82, 2.24) is 10.5 Å². The molecule has 3 N–H and O–H groups in total. The first-order valence-corrected chi connectivity index (χ1v) is 6.16. The van der Waals surface area contributed by atoms with Crippen LogP contribution >= 0.6 is 0 Å². The van der Waals surface area contributed by atoms with Gasteiger partial charge in [-0.3, -0.25) is 0 Å². The molecule has 5 nitrogen and oxygen atoms in total. The molecule has 19 heavy (non-hydrogen) atoms. The summed E-state index contributed by atoms with van der Waals surface area (Å²) in [6.07, 6.45) is 0. The van der Waals surface area contributed by atoms with Crippen molar-refractivity contribution in [3.8, 4) is 11.5 Å².